The molecule has 0 fully saturated rings. The maximum atomic E-state index is 14.7. The van der Waals surface area contributed by atoms with Crippen LogP contribution in [0.3, 0.4) is 0 Å². The fraction of sp³-hybridized carbons (Fsp3) is 0.200. The molecule has 16 heteroatoms. The molecule has 36 heavy (non-hydrogen) atoms. The van der Waals surface area contributed by atoms with Crippen molar-refractivity contribution in [3.63, 3.8) is 0 Å². The van der Waals surface area contributed by atoms with Gasteiger partial charge in [-0.3, -0.25) is 10.9 Å². The zero-order chi connectivity index (χ0) is 27.0. The van der Waals surface area contributed by atoms with Crippen molar-refractivity contribution >= 4 is 46.1 Å². The standard InChI is InChI=1S/C20H16F8N6S2/c1-2-29-18(35)33-32-17(10-11(21)13(23)15(25)14(24)12(10)22)16(9-6-4-3-5-7-9)31-34-19(36)30-8-20(26,27)28/h3-7H,2,8H2,1H3,(H2,29,33,35)(H2,30,34,36). The molecule has 0 unspecified atom stereocenters. The van der Waals surface area contributed by atoms with Crippen molar-refractivity contribution in [3.8, 4) is 0 Å². The summed E-state index contributed by atoms with van der Waals surface area (Å²) in [4.78, 5) is 0. The van der Waals surface area contributed by atoms with Crippen LogP contribution in [0.15, 0.2) is 40.5 Å². The predicted octanol–water partition coefficient (Wildman–Crippen LogP) is 4.00. The van der Waals surface area contributed by atoms with Crippen LogP contribution in [0.5, 0.6) is 0 Å². The first-order valence-corrected chi connectivity index (χ1v) is 10.6. The van der Waals surface area contributed by atoms with Crippen LogP contribution >= 0.6 is 24.4 Å². The van der Waals surface area contributed by atoms with Gasteiger partial charge in [-0.05, 0) is 31.4 Å². The van der Waals surface area contributed by atoms with Crippen LogP contribution in [0.1, 0.15) is 18.1 Å². The zero-order valence-corrected chi connectivity index (χ0v) is 19.7. The molecule has 0 saturated carbocycles. The maximum absolute atomic E-state index is 14.7. The largest absolute Gasteiger partial charge is 0.405 e. The third kappa shape index (κ3) is 7.55. The molecule has 0 amide bonds. The molecule has 0 aromatic heterocycles. The van der Waals surface area contributed by atoms with Crippen LogP contribution in [-0.4, -0.2) is 40.9 Å². The summed E-state index contributed by atoms with van der Waals surface area (Å²) in [5.74, 6) is -11.4. The van der Waals surface area contributed by atoms with E-state index in [9.17, 15) is 35.1 Å². The van der Waals surface area contributed by atoms with Gasteiger partial charge in [-0.2, -0.15) is 23.4 Å². The Morgan fingerprint density at radius 1 is 0.750 bits per heavy atom. The van der Waals surface area contributed by atoms with E-state index in [4.69, 9.17) is 24.4 Å². The Morgan fingerprint density at radius 3 is 1.72 bits per heavy atom. The number of thiocarbonyl (C=S) groups is 2. The van der Waals surface area contributed by atoms with Crippen molar-refractivity contribution in [2.24, 2.45) is 10.2 Å². The van der Waals surface area contributed by atoms with E-state index in [1.165, 1.54) is 30.3 Å². The molecule has 0 saturated heterocycles. The topological polar surface area (TPSA) is 72.8 Å². The van der Waals surface area contributed by atoms with Crippen LogP contribution < -0.4 is 21.5 Å². The molecule has 0 aliphatic heterocycles. The summed E-state index contributed by atoms with van der Waals surface area (Å²) >= 11 is 9.63. The second-order valence-corrected chi connectivity index (χ2v) is 7.43. The molecule has 6 nitrogen and oxygen atoms in total. The summed E-state index contributed by atoms with van der Waals surface area (Å²) in [5, 5.41) is 11.0. The summed E-state index contributed by atoms with van der Waals surface area (Å²) < 4.78 is 108. The van der Waals surface area contributed by atoms with Gasteiger partial charge in [0, 0.05) is 12.1 Å². The Bertz CT molecular complexity index is 1160. The molecule has 0 heterocycles. The van der Waals surface area contributed by atoms with Gasteiger partial charge in [-0.25, -0.2) is 22.0 Å². The van der Waals surface area contributed by atoms with E-state index in [-0.39, 0.29) is 10.7 Å². The summed E-state index contributed by atoms with van der Waals surface area (Å²) in [6.07, 6.45) is -4.63. The summed E-state index contributed by atoms with van der Waals surface area (Å²) in [7, 11) is 0. The normalized spacial score (nSPS) is 12.2. The van der Waals surface area contributed by atoms with Crippen LogP contribution in [0.2, 0.25) is 0 Å². The average Bonchev–Trinajstić information content (AvgIpc) is 2.83. The molecule has 2 aromatic rings. The third-order valence-corrected chi connectivity index (χ3v) is 4.51. The Labute approximate surface area is 209 Å². The number of alkyl halides is 3. The van der Waals surface area contributed by atoms with E-state index in [2.05, 4.69) is 20.9 Å². The maximum Gasteiger partial charge on any atom is 0.405 e. The van der Waals surface area contributed by atoms with Crippen LogP contribution in [0, 0.1) is 29.1 Å². The fourth-order valence-electron chi connectivity index (χ4n) is 2.52. The first-order chi connectivity index (χ1) is 16.9. The lowest BCUT2D eigenvalue weighted by Gasteiger charge is -2.16. The quantitative estimate of drug-likeness (QED) is 0.103. The van der Waals surface area contributed by atoms with Gasteiger partial charge in [0.05, 0.1) is 5.56 Å². The predicted molar refractivity (Wildman–Crippen MR) is 125 cm³/mol. The number of hydrogen-bond donors (Lipinski definition) is 4. The van der Waals surface area contributed by atoms with Gasteiger partial charge in [0.25, 0.3) is 0 Å². The van der Waals surface area contributed by atoms with Gasteiger partial charge >= 0.3 is 6.18 Å². The van der Waals surface area contributed by atoms with Gasteiger partial charge in [0.1, 0.15) is 18.0 Å². The minimum Gasteiger partial charge on any atom is -0.362 e. The number of halogens is 8. The first kappa shape index (κ1) is 28.8. The highest BCUT2D eigenvalue weighted by Gasteiger charge is 2.32. The van der Waals surface area contributed by atoms with Gasteiger partial charge in [0.15, 0.2) is 33.5 Å². The minimum absolute atomic E-state index is 0.0162. The zero-order valence-electron chi connectivity index (χ0n) is 18.0. The lowest BCUT2D eigenvalue weighted by atomic mass is 9.98. The Hall–Kier alpha value is -3.40. The molecular weight excluding hydrogens is 540 g/mol. The van der Waals surface area contributed by atoms with Crippen molar-refractivity contribution in [1.29, 1.82) is 0 Å². The summed E-state index contributed by atoms with van der Waals surface area (Å²) in [6, 6.07) is 7.08. The summed E-state index contributed by atoms with van der Waals surface area (Å²) in [5.41, 5.74) is 1.30. The van der Waals surface area contributed by atoms with Crippen molar-refractivity contribution in [2.75, 3.05) is 13.1 Å². The highest BCUT2D eigenvalue weighted by Crippen LogP contribution is 2.25. The summed E-state index contributed by atoms with van der Waals surface area (Å²) in [6.45, 7) is 0.407. The van der Waals surface area contributed by atoms with E-state index in [0.717, 1.165) is 0 Å². The molecule has 0 atom stereocenters. The number of nitrogens with zero attached hydrogens (tertiary/aromatic N) is 2. The number of nitrogens with one attached hydrogen (secondary N) is 4. The van der Waals surface area contributed by atoms with Crippen molar-refractivity contribution in [2.45, 2.75) is 13.1 Å². The van der Waals surface area contributed by atoms with E-state index < -0.39 is 63.9 Å². The van der Waals surface area contributed by atoms with Crippen LogP contribution in [-0.2, 0) is 0 Å². The molecule has 0 aliphatic rings. The molecular formula is C20H16F8N6S2. The third-order valence-electron chi connectivity index (χ3n) is 4.04. The Kier molecular flexibility index (Phi) is 10.0. The molecule has 0 bridgehead atoms. The minimum atomic E-state index is -4.63. The lowest BCUT2D eigenvalue weighted by molar-refractivity contribution is -0.122. The van der Waals surface area contributed by atoms with Gasteiger partial charge in [-0.1, -0.05) is 30.3 Å². The number of benzene rings is 2. The van der Waals surface area contributed by atoms with E-state index in [0.29, 0.717) is 6.54 Å². The molecule has 0 radical (unpaired) electrons. The SMILES string of the molecule is CCNC(=S)NN=C(C(=NNC(=S)NCC(F)(F)F)c1ccccc1)c1c(F)c(F)c(F)c(F)c1F. The van der Waals surface area contributed by atoms with Crippen molar-refractivity contribution in [1.82, 2.24) is 21.5 Å². The van der Waals surface area contributed by atoms with Crippen molar-refractivity contribution in [3.05, 3.63) is 70.5 Å². The van der Waals surface area contributed by atoms with E-state index >= 15 is 0 Å². The fourth-order valence-corrected chi connectivity index (χ4v) is 2.83. The number of hydrazone groups is 2. The smallest absolute Gasteiger partial charge is 0.362 e. The average molecular weight is 557 g/mol. The number of hydrogen-bond acceptors (Lipinski definition) is 4. The van der Waals surface area contributed by atoms with E-state index in [1.54, 1.807) is 6.92 Å². The first-order valence-electron chi connectivity index (χ1n) is 9.74. The molecule has 0 aliphatic carbocycles. The lowest BCUT2D eigenvalue weighted by Crippen LogP contribution is -2.40. The second-order valence-electron chi connectivity index (χ2n) is 6.61. The van der Waals surface area contributed by atoms with Gasteiger partial charge < -0.3 is 10.6 Å². The highest BCUT2D eigenvalue weighted by molar-refractivity contribution is 7.80. The molecule has 2 aromatic carbocycles. The van der Waals surface area contributed by atoms with Crippen molar-refractivity contribution < 1.29 is 35.1 Å². The Balaban J connectivity index is 2.71. The monoisotopic (exact) mass is 556 g/mol. The molecule has 0 spiro atoms. The molecule has 4 N–H and O–H groups in total. The molecule has 2 rings (SSSR count). The number of rotatable bonds is 7. The molecule has 194 valence electrons. The van der Waals surface area contributed by atoms with Crippen LogP contribution in [0.4, 0.5) is 35.1 Å². The van der Waals surface area contributed by atoms with E-state index in [1.807, 2.05) is 10.7 Å². The van der Waals surface area contributed by atoms with Crippen LogP contribution in [0.25, 0.3) is 0 Å². The second kappa shape index (κ2) is 12.5. The Morgan fingerprint density at radius 2 is 1.22 bits per heavy atom. The van der Waals surface area contributed by atoms with Gasteiger partial charge in [-0.15, -0.1) is 0 Å². The highest BCUT2D eigenvalue weighted by atomic mass is 32.1. The van der Waals surface area contributed by atoms with Gasteiger partial charge in [0.2, 0.25) is 5.82 Å².